The van der Waals surface area contributed by atoms with Crippen molar-refractivity contribution in [1.29, 1.82) is 0 Å². The second-order valence-electron chi connectivity index (χ2n) is 14.3. The third-order valence-corrected chi connectivity index (χ3v) is 11.9. The third kappa shape index (κ3) is 15.8. The molecular weight excluding hydrogens is 831 g/mol. The predicted octanol–water partition coefficient (Wildman–Crippen LogP) is 7.29. The Hall–Kier alpha value is -3.12. The van der Waals surface area contributed by atoms with Crippen LogP contribution < -0.4 is 14.8 Å². The minimum atomic E-state index is -3.42. The van der Waals surface area contributed by atoms with Crippen molar-refractivity contribution in [2.24, 2.45) is 0 Å². The number of aliphatic carboxylic acids is 1. The standard InChI is InChI=1S/C31H45NO9S.C10H11Cl2NO2S/c1-30(2,11-14-41-31(3,42)12-13-36-4)40-16-15-39-20-23-18-26(37-5)28(27(19-23)38-6)24-9-7-22(8-10-24)17-25(29(34)35)32-21-33;11-8-5-9(12)7-10(6-8)16(14,15)13-3-1-2-4-13/h7-10,18-19,21,25,42H,11-17,20H2,1-6H3,(H,32,33)(H,34,35);5-7H,1-4H2. The van der Waals surface area contributed by atoms with Crippen molar-refractivity contribution < 1.29 is 51.5 Å². The lowest BCUT2D eigenvalue weighted by Crippen LogP contribution is -2.37. The highest BCUT2D eigenvalue weighted by Gasteiger charge is 2.28. The van der Waals surface area contributed by atoms with Gasteiger partial charge in [0.25, 0.3) is 0 Å². The number of benzene rings is 3. The molecule has 1 saturated heterocycles. The van der Waals surface area contributed by atoms with E-state index in [1.54, 1.807) is 21.3 Å². The summed E-state index contributed by atoms with van der Waals surface area (Å²) in [5.74, 6) is 0.139. The van der Waals surface area contributed by atoms with Crippen LogP contribution in [0.5, 0.6) is 11.5 Å². The summed E-state index contributed by atoms with van der Waals surface area (Å²) in [6.45, 7) is 9.42. The average molecular weight is 888 g/mol. The SMILES string of the molecule is COCCC(C)(S)OCCC(C)(C)OCCOCc1cc(OC)c(-c2ccc(CC(NC=O)C(=O)O)cc2)c(OC)c1.O=S(=O)(c1cc(Cl)cc(Cl)c1)N1CCCC1. The van der Waals surface area contributed by atoms with Crippen molar-refractivity contribution in [3.8, 4) is 22.6 Å². The second-order valence-corrected chi connectivity index (χ2v) is 18.1. The molecule has 58 heavy (non-hydrogen) atoms. The van der Waals surface area contributed by atoms with Gasteiger partial charge in [0.05, 0.1) is 56.7 Å². The van der Waals surface area contributed by atoms with E-state index in [1.807, 2.05) is 57.2 Å². The summed E-state index contributed by atoms with van der Waals surface area (Å²) in [7, 11) is 1.42. The molecule has 0 bridgehead atoms. The Morgan fingerprint density at radius 3 is 2.02 bits per heavy atom. The first-order valence-corrected chi connectivity index (χ1v) is 21.4. The van der Waals surface area contributed by atoms with Crippen molar-refractivity contribution in [3.05, 3.63) is 75.8 Å². The first-order valence-electron chi connectivity index (χ1n) is 18.7. The summed E-state index contributed by atoms with van der Waals surface area (Å²) in [4.78, 5) is 21.7. The lowest BCUT2D eigenvalue weighted by atomic mass is 9.98. The van der Waals surface area contributed by atoms with Crippen molar-refractivity contribution in [2.75, 3.05) is 60.8 Å². The van der Waals surface area contributed by atoms with Crippen LogP contribution in [-0.2, 0) is 51.6 Å². The molecule has 4 rings (SSSR count). The van der Waals surface area contributed by atoms with Gasteiger partial charge in [-0.1, -0.05) is 47.5 Å². The highest BCUT2D eigenvalue weighted by molar-refractivity contribution is 7.89. The number of hydrogen-bond acceptors (Lipinski definition) is 11. The summed E-state index contributed by atoms with van der Waals surface area (Å²) in [6, 6.07) is 14.6. The van der Waals surface area contributed by atoms with Crippen LogP contribution in [0, 0.1) is 0 Å². The Balaban J connectivity index is 0.000000464. The van der Waals surface area contributed by atoms with Crippen molar-refractivity contribution in [2.45, 2.75) is 81.0 Å². The molecule has 1 aliphatic heterocycles. The molecular formula is C41H56Cl2N2O11S2. The van der Waals surface area contributed by atoms with Gasteiger partial charge in [-0.2, -0.15) is 4.31 Å². The van der Waals surface area contributed by atoms with E-state index in [4.69, 9.17) is 51.6 Å². The van der Waals surface area contributed by atoms with Crippen molar-refractivity contribution in [3.63, 3.8) is 0 Å². The third-order valence-electron chi connectivity index (χ3n) is 9.23. The van der Waals surface area contributed by atoms with Gasteiger partial charge in [0.2, 0.25) is 16.4 Å². The molecule has 1 fully saturated rings. The number of amides is 1. The number of ether oxygens (including phenoxy) is 6. The van der Waals surface area contributed by atoms with E-state index in [0.29, 0.717) is 86.9 Å². The number of halogens is 2. The largest absolute Gasteiger partial charge is 0.496 e. The molecule has 2 atom stereocenters. The van der Waals surface area contributed by atoms with Gasteiger partial charge in [-0.3, -0.25) is 4.79 Å². The summed E-state index contributed by atoms with van der Waals surface area (Å²) >= 11 is 16.1. The zero-order chi connectivity index (χ0) is 42.9. The smallest absolute Gasteiger partial charge is 0.326 e. The Bertz CT molecular complexity index is 1830. The van der Waals surface area contributed by atoms with Gasteiger partial charge in [-0.15, -0.1) is 12.6 Å². The van der Waals surface area contributed by atoms with E-state index in [0.717, 1.165) is 35.1 Å². The molecule has 3 aromatic carbocycles. The molecule has 3 aromatic rings. The lowest BCUT2D eigenvalue weighted by Gasteiger charge is -2.29. The molecule has 0 spiro atoms. The first-order chi connectivity index (χ1) is 27.4. The van der Waals surface area contributed by atoms with E-state index in [-0.39, 0.29) is 16.9 Å². The minimum absolute atomic E-state index is 0.164. The van der Waals surface area contributed by atoms with Crippen LogP contribution >= 0.6 is 35.8 Å². The Labute approximate surface area is 358 Å². The number of rotatable bonds is 23. The van der Waals surface area contributed by atoms with E-state index in [2.05, 4.69) is 17.9 Å². The summed E-state index contributed by atoms with van der Waals surface area (Å²) in [6.07, 6.45) is 3.78. The molecule has 2 unspecified atom stereocenters. The quantitative estimate of drug-likeness (QED) is 0.0380. The van der Waals surface area contributed by atoms with E-state index in [9.17, 15) is 23.1 Å². The van der Waals surface area contributed by atoms with E-state index in [1.165, 1.54) is 22.5 Å². The molecule has 17 heteroatoms. The fraction of sp³-hybridized carbons (Fsp3) is 0.512. The van der Waals surface area contributed by atoms with Gasteiger partial charge in [0.15, 0.2) is 0 Å². The fourth-order valence-corrected chi connectivity index (χ4v) is 8.38. The normalized spacial score (nSPS) is 14.8. The van der Waals surface area contributed by atoms with Gasteiger partial charge >= 0.3 is 5.97 Å². The second kappa shape index (κ2) is 23.6. The van der Waals surface area contributed by atoms with Crippen molar-refractivity contribution in [1.82, 2.24) is 9.62 Å². The number of carboxylic acid groups (broad SMARTS) is 1. The topological polar surface area (TPSA) is 159 Å². The van der Waals surface area contributed by atoms with Crippen LogP contribution in [0.2, 0.25) is 10.0 Å². The van der Waals surface area contributed by atoms with Crippen LogP contribution in [0.25, 0.3) is 11.1 Å². The zero-order valence-electron chi connectivity index (χ0n) is 33.9. The number of sulfonamides is 1. The van der Waals surface area contributed by atoms with Crippen LogP contribution in [0.3, 0.4) is 0 Å². The number of carbonyl (C=O) groups is 2. The Morgan fingerprint density at radius 1 is 0.879 bits per heavy atom. The molecule has 1 heterocycles. The van der Waals surface area contributed by atoms with E-state index >= 15 is 0 Å². The van der Waals surface area contributed by atoms with Gasteiger partial charge in [-0.25, -0.2) is 13.2 Å². The summed E-state index contributed by atoms with van der Waals surface area (Å²) < 4.78 is 60.0. The highest BCUT2D eigenvalue weighted by Crippen LogP contribution is 2.40. The number of methoxy groups -OCH3 is 3. The number of carboxylic acids is 1. The molecule has 2 N–H and O–H groups in total. The van der Waals surface area contributed by atoms with Gasteiger partial charge in [0.1, 0.15) is 22.5 Å². The zero-order valence-corrected chi connectivity index (χ0v) is 37.1. The minimum Gasteiger partial charge on any atom is -0.496 e. The molecule has 0 aliphatic carbocycles. The summed E-state index contributed by atoms with van der Waals surface area (Å²) in [5, 5.41) is 12.3. The first kappa shape index (κ1) is 49.2. The fourth-order valence-electron chi connectivity index (χ4n) is 5.95. The van der Waals surface area contributed by atoms with E-state index < -0.39 is 27.0 Å². The van der Waals surface area contributed by atoms with Crippen LogP contribution in [0.4, 0.5) is 0 Å². The highest BCUT2D eigenvalue weighted by atomic mass is 35.5. The average Bonchev–Trinajstić information content (AvgIpc) is 3.73. The van der Waals surface area contributed by atoms with Gasteiger partial charge < -0.3 is 38.8 Å². The molecule has 0 aromatic heterocycles. The molecule has 0 radical (unpaired) electrons. The molecule has 1 aliphatic rings. The molecule has 0 saturated carbocycles. The Kier molecular flexibility index (Phi) is 20.0. The summed E-state index contributed by atoms with van der Waals surface area (Å²) in [5.41, 5.74) is 2.88. The Morgan fingerprint density at radius 2 is 1.48 bits per heavy atom. The van der Waals surface area contributed by atoms with Gasteiger partial charge in [0, 0.05) is 49.7 Å². The number of thiol groups is 1. The maximum absolute atomic E-state index is 12.1. The number of nitrogens with zero attached hydrogens (tertiary/aromatic N) is 1. The predicted molar refractivity (Wildman–Crippen MR) is 228 cm³/mol. The van der Waals surface area contributed by atoms with Gasteiger partial charge in [-0.05, 0) is 87.1 Å². The lowest BCUT2D eigenvalue weighted by molar-refractivity contribution is -0.140. The maximum atomic E-state index is 12.1. The number of carbonyl (C=O) groups excluding carboxylic acids is 1. The van der Waals surface area contributed by atoms with Crippen LogP contribution in [0.1, 0.15) is 57.6 Å². The molecule has 13 nitrogen and oxygen atoms in total. The number of nitrogens with one attached hydrogen (secondary N) is 1. The molecule has 322 valence electrons. The van der Waals surface area contributed by atoms with Crippen molar-refractivity contribution >= 4 is 58.2 Å². The maximum Gasteiger partial charge on any atom is 0.326 e. The van der Waals surface area contributed by atoms with Crippen LogP contribution in [0.15, 0.2) is 59.5 Å². The van der Waals surface area contributed by atoms with Crippen LogP contribution in [-0.4, -0.2) is 108 Å². The number of hydrogen-bond donors (Lipinski definition) is 3. The monoisotopic (exact) mass is 886 g/mol. The molecule has 1 amide bonds.